The van der Waals surface area contributed by atoms with Crippen LogP contribution in [0.4, 0.5) is 0 Å². The number of hydrazine groups is 1. The molecule has 2 N–H and O–H groups in total. The molecule has 2 rings (SSSR count). The summed E-state index contributed by atoms with van der Waals surface area (Å²) in [5.74, 6) is -0.210. The van der Waals surface area contributed by atoms with Crippen LogP contribution in [0.3, 0.4) is 0 Å². The zero-order valence-electron chi connectivity index (χ0n) is 8.34. The van der Waals surface area contributed by atoms with Gasteiger partial charge in [0.2, 0.25) is 0 Å². The molecule has 0 atom stereocenters. The number of nitrogens with one attached hydrogen (secondary N) is 2. The lowest BCUT2D eigenvalue weighted by molar-refractivity contribution is 0.0703. The first kappa shape index (κ1) is 9.66. The molecule has 0 saturated carbocycles. The van der Waals surface area contributed by atoms with Gasteiger partial charge in [-0.15, -0.1) is 0 Å². The number of hydrogen-bond donors (Lipinski definition) is 2. The summed E-state index contributed by atoms with van der Waals surface area (Å²) in [6.45, 7) is 1.08. The van der Waals surface area contributed by atoms with Crippen molar-refractivity contribution in [3.8, 4) is 0 Å². The zero-order chi connectivity index (χ0) is 10.7. The number of H-pyrrole nitrogens is 1. The molecular weight excluding hydrogens is 196 g/mol. The van der Waals surface area contributed by atoms with Crippen molar-refractivity contribution in [1.82, 2.24) is 25.3 Å². The Morgan fingerprint density at radius 2 is 2.53 bits per heavy atom. The van der Waals surface area contributed by atoms with Crippen molar-refractivity contribution in [2.75, 3.05) is 20.4 Å². The number of carbonyl (C=O) groups excluding carboxylic acids is 1. The van der Waals surface area contributed by atoms with Gasteiger partial charge >= 0.3 is 0 Å². The second kappa shape index (κ2) is 4.09. The number of carbonyl (C=O) groups is 1. The Balaban J connectivity index is 1.92. The first-order valence-corrected chi connectivity index (χ1v) is 4.50. The van der Waals surface area contributed by atoms with Crippen molar-refractivity contribution in [3.05, 3.63) is 18.2 Å². The van der Waals surface area contributed by atoms with E-state index in [0.717, 1.165) is 0 Å². The molecule has 0 aliphatic carbocycles. The Morgan fingerprint density at radius 3 is 3.20 bits per heavy atom. The Hall–Kier alpha value is -1.89. The Bertz CT molecular complexity index is 359. The van der Waals surface area contributed by atoms with Gasteiger partial charge in [-0.1, -0.05) is 0 Å². The Labute approximate surface area is 86.8 Å². The summed E-state index contributed by atoms with van der Waals surface area (Å²) in [4.78, 5) is 24.0. The van der Waals surface area contributed by atoms with Gasteiger partial charge in [-0.05, 0) is 0 Å². The van der Waals surface area contributed by atoms with Gasteiger partial charge in [-0.3, -0.25) is 15.2 Å². The second-order valence-corrected chi connectivity index (χ2v) is 3.28. The molecule has 1 aromatic heterocycles. The van der Waals surface area contributed by atoms with Crippen LogP contribution in [0.25, 0.3) is 0 Å². The summed E-state index contributed by atoms with van der Waals surface area (Å²) in [6, 6.07) is 0. The monoisotopic (exact) mass is 208 g/mol. The summed E-state index contributed by atoms with van der Waals surface area (Å²) in [7, 11) is 1.89. The van der Waals surface area contributed by atoms with Crippen LogP contribution in [0.15, 0.2) is 17.5 Å². The molecule has 0 unspecified atom stereocenters. The predicted octanol–water partition coefficient (Wildman–Crippen LogP) is -0.755. The van der Waals surface area contributed by atoms with Crippen molar-refractivity contribution >= 4 is 12.2 Å². The van der Waals surface area contributed by atoms with E-state index in [4.69, 9.17) is 0 Å². The van der Waals surface area contributed by atoms with Crippen LogP contribution in [0, 0.1) is 0 Å². The van der Waals surface area contributed by atoms with Gasteiger partial charge in [0.15, 0.2) is 0 Å². The minimum absolute atomic E-state index is 0.210. The van der Waals surface area contributed by atoms with Crippen LogP contribution in [0.1, 0.15) is 10.5 Å². The van der Waals surface area contributed by atoms with E-state index in [-0.39, 0.29) is 5.91 Å². The van der Waals surface area contributed by atoms with Gasteiger partial charge in [0.1, 0.15) is 12.4 Å². The molecule has 15 heavy (non-hydrogen) atoms. The fourth-order valence-corrected chi connectivity index (χ4v) is 1.28. The van der Waals surface area contributed by atoms with Crippen molar-refractivity contribution in [3.63, 3.8) is 0 Å². The molecule has 0 spiro atoms. The average Bonchev–Trinajstić information content (AvgIpc) is 2.70. The fraction of sp³-hybridized carbons (Fsp3) is 0.375. The maximum atomic E-state index is 11.6. The molecule has 1 aliphatic rings. The topological polar surface area (TPSA) is 76.6 Å². The predicted molar refractivity (Wildman–Crippen MR) is 53.9 cm³/mol. The molecule has 1 amide bonds. The van der Waals surface area contributed by atoms with E-state index < -0.39 is 0 Å². The highest BCUT2D eigenvalue weighted by molar-refractivity contribution is 5.91. The number of aliphatic imine (C=N–C) groups is 1. The summed E-state index contributed by atoms with van der Waals surface area (Å²) in [6.07, 6.45) is 4.68. The van der Waals surface area contributed by atoms with Crippen molar-refractivity contribution in [2.24, 2.45) is 4.99 Å². The molecule has 80 valence electrons. The second-order valence-electron chi connectivity index (χ2n) is 3.28. The molecule has 0 aromatic carbocycles. The van der Waals surface area contributed by atoms with E-state index in [9.17, 15) is 4.79 Å². The quantitative estimate of drug-likeness (QED) is 0.670. The van der Waals surface area contributed by atoms with E-state index in [2.05, 4.69) is 20.4 Å². The summed E-state index contributed by atoms with van der Waals surface area (Å²) in [5, 5.41) is 1.71. The van der Waals surface area contributed by atoms with Crippen LogP contribution < -0.4 is 5.43 Å². The minimum atomic E-state index is -0.210. The molecule has 0 bridgehead atoms. The van der Waals surface area contributed by atoms with Crippen LogP contribution in [0.2, 0.25) is 0 Å². The molecule has 2 heterocycles. The fourth-order valence-electron chi connectivity index (χ4n) is 1.28. The van der Waals surface area contributed by atoms with Crippen LogP contribution in [-0.4, -0.2) is 52.5 Å². The van der Waals surface area contributed by atoms with Crippen molar-refractivity contribution in [1.29, 1.82) is 0 Å². The van der Waals surface area contributed by atoms with Crippen molar-refractivity contribution < 1.29 is 4.79 Å². The number of rotatable bonds is 2. The average molecular weight is 208 g/mol. The minimum Gasteiger partial charge on any atom is -0.351 e. The van der Waals surface area contributed by atoms with E-state index in [1.165, 1.54) is 12.5 Å². The molecule has 0 fully saturated rings. The highest BCUT2D eigenvalue weighted by atomic mass is 16.2. The largest absolute Gasteiger partial charge is 0.351 e. The number of imidazole rings is 1. The van der Waals surface area contributed by atoms with Crippen LogP contribution >= 0.6 is 0 Å². The molecule has 0 saturated heterocycles. The van der Waals surface area contributed by atoms with E-state index in [1.807, 2.05) is 11.9 Å². The van der Waals surface area contributed by atoms with E-state index in [1.54, 1.807) is 11.3 Å². The first-order valence-electron chi connectivity index (χ1n) is 4.50. The van der Waals surface area contributed by atoms with Crippen LogP contribution in [-0.2, 0) is 0 Å². The van der Waals surface area contributed by atoms with Gasteiger partial charge in [0.05, 0.1) is 25.5 Å². The molecule has 1 aromatic rings. The van der Waals surface area contributed by atoms with Gasteiger partial charge in [-0.25, -0.2) is 4.98 Å². The summed E-state index contributed by atoms with van der Waals surface area (Å²) >= 11 is 0. The Kier molecular flexibility index (Phi) is 2.64. The number of hydrogen-bond acceptors (Lipinski definition) is 5. The van der Waals surface area contributed by atoms with Gasteiger partial charge < -0.3 is 9.88 Å². The third kappa shape index (κ3) is 2.32. The Morgan fingerprint density at radius 1 is 1.67 bits per heavy atom. The van der Waals surface area contributed by atoms with Crippen LogP contribution in [0.5, 0.6) is 0 Å². The van der Waals surface area contributed by atoms with E-state index in [0.29, 0.717) is 19.0 Å². The molecular formula is C8H12N6O. The third-order valence-corrected chi connectivity index (χ3v) is 1.93. The lowest BCUT2D eigenvalue weighted by Gasteiger charge is -2.28. The third-order valence-electron chi connectivity index (χ3n) is 1.93. The smallest absolute Gasteiger partial charge is 0.283 e. The highest BCUT2D eigenvalue weighted by Crippen LogP contribution is 1.96. The molecule has 0 radical (unpaired) electrons. The summed E-state index contributed by atoms with van der Waals surface area (Å²) in [5.41, 5.74) is 3.16. The number of aromatic nitrogens is 2. The lowest BCUT2D eigenvalue weighted by Crippen LogP contribution is -2.49. The zero-order valence-corrected chi connectivity index (χ0v) is 8.34. The van der Waals surface area contributed by atoms with Crippen molar-refractivity contribution in [2.45, 2.75) is 0 Å². The normalized spacial score (nSPS) is 16.7. The summed E-state index contributed by atoms with van der Waals surface area (Å²) < 4.78 is 0. The van der Waals surface area contributed by atoms with E-state index >= 15 is 0 Å². The molecule has 7 nitrogen and oxygen atoms in total. The highest BCUT2D eigenvalue weighted by Gasteiger charge is 2.14. The maximum Gasteiger partial charge on any atom is 0.283 e. The standard InChI is InChI=1S/C8H12N6O/c1-13-4-10-5-14(6-13)12-8(15)7-2-9-3-11-7/h2-4H,5-6H2,1H3,(H,9,11)(H,12,15). The SMILES string of the molecule is CN1C=NCN(NC(=O)c2cnc[nH]2)C1. The molecule has 1 aliphatic heterocycles. The molecule has 7 heteroatoms. The maximum absolute atomic E-state index is 11.6. The number of amides is 1. The van der Waals surface area contributed by atoms with Gasteiger partial charge in [-0.2, -0.15) is 5.01 Å². The number of aromatic amines is 1. The van der Waals surface area contributed by atoms with Gasteiger partial charge in [0, 0.05) is 7.05 Å². The number of nitrogens with zero attached hydrogens (tertiary/aromatic N) is 4. The lowest BCUT2D eigenvalue weighted by atomic mass is 10.5. The van der Waals surface area contributed by atoms with Gasteiger partial charge in [0.25, 0.3) is 5.91 Å². The first-order chi connectivity index (χ1) is 7.25.